The number of rotatable bonds is 2. The molecular formula is C14H20N2O3. The molecule has 5 nitrogen and oxygen atoms in total. The molecule has 0 aliphatic carbocycles. The summed E-state index contributed by atoms with van der Waals surface area (Å²) in [5, 5.41) is 9.27. The molecule has 104 valence electrons. The number of ether oxygens (including phenoxy) is 1. The number of hydrogen-bond donors (Lipinski definition) is 1. The first-order chi connectivity index (χ1) is 8.70. The van der Waals surface area contributed by atoms with E-state index in [4.69, 9.17) is 4.74 Å². The molecule has 1 aliphatic rings. The average molecular weight is 264 g/mol. The van der Waals surface area contributed by atoms with E-state index in [0.29, 0.717) is 18.8 Å². The molecule has 0 aromatic carbocycles. The van der Waals surface area contributed by atoms with Gasteiger partial charge in [0.2, 0.25) is 0 Å². The average Bonchev–Trinajstić information content (AvgIpc) is 2.24. The molecule has 1 aliphatic heterocycles. The topological polar surface area (TPSA) is 62.7 Å². The number of nitrogens with zero attached hydrogens (tertiary/aromatic N) is 2. The van der Waals surface area contributed by atoms with Crippen LogP contribution < -0.4 is 4.90 Å². The van der Waals surface area contributed by atoms with Gasteiger partial charge in [-0.1, -0.05) is 0 Å². The SMILES string of the molecule is CC1(C)CN(c2cnccc2C(=O)O)CC(C)(C)O1. The minimum atomic E-state index is -0.931. The van der Waals surface area contributed by atoms with Crippen LogP contribution in [0.15, 0.2) is 18.5 Å². The molecular weight excluding hydrogens is 244 g/mol. The molecule has 1 aromatic rings. The summed E-state index contributed by atoms with van der Waals surface area (Å²) in [6.07, 6.45) is 3.12. The molecule has 0 bridgehead atoms. The molecule has 2 rings (SSSR count). The number of anilines is 1. The van der Waals surface area contributed by atoms with Crippen molar-refractivity contribution in [1.29, 1.82) is 0 Å². The lowest BCUT2D eigenvalue weighted by Crippen LogP contribution is -2.57. The monoisotopic (exact) mass is 264 g/mol. The predicted molar refractivity (Wildman–Crippen MR) is 72.7 cm³/mol. The Balaban J connectivity index is 2.39. The van der Waals surface area contributed by atoms with Gasteiger partial charge in [0, 0.05) is 19.3 Å². The van der Waals surface area contributed by atoms with Gasteiger partial charge in [0.1, 0.15) is 0 Å². The minimum absolute atomic E-state index is 0.281. The summed E-state index contributed by atoms with van der Waals surface area (Å²) in [5.41, 5.74) is 0.281. The smallest absolute Gasteiger partial charge is 0.337 e. The Kier molecular flexibility index (Phi) is 3.26. The van der Waals surface area contributed by atoms with Crippen molar-refractivity contribution in [3.8, 4) is 0 Å². The van der Waals surface area contributed by atoms with Gasteiger partial charge >= 0.3 is 5.97 Å². The van der Waals surface area contributed by atoms with Crippen LogP contribution in [0.25, 0.3) is 0 Å². The lowest BCUT2D eigenvalue weighted by atomic mass is 9.98. The van der Waals surface area contributed by atoms with Crippen LogP contribution in [0.2, 0.25) is 0 Å². The van der Waals surface area contributed by atoms with Crippen molar-refractivity contribution in [2.24, 2.45) is 0 Å². The van der Waals surface area contributed by atoms with E-state index in [1.807, 2.05) is 32.6 Å². The number of carboxylic acids is 1. The van der Waals surface area contributed by atoms with Crippen molar-refractivity contribution in [3.05, 3.63) is 24.0 Å². The summed E-state index contributed by atoms with van der Waals surface area (Å²) in [4.78, 5) is 17.4. The van der Waals surface area contributed by atoms with Crippen LogP contribution in [0.1, 0.15) is 38.1 Å². The fourth-order valence-electron chi connectivity index (χ4n) is 2.78. The van der Waals surface area contributed by atoms with Crippen LogP contribution in [0, 0.1) is 0 Å². The predicted octanol–water partition coefficient (Wildman–Crippen LogP) is 2.17. The summed E-state index contributed by atoms with van der Waals surface area (Å²) in [7, 11) is 0. The number of hydrogen-bond acceptors (Lipinski definition) is 4. The van der Waals surface area contributed by atoms with Crippen molar-refractivity contribution >= 4 is 11.7 Å². The zero-order chi connectivity index (χ0) is 14.3. The fourth-order valence-corrected chi connectivity index (χ4v) is 2.78. The standard InChI is InChI=1S/C14H20N2O3/c1-13(2)8-16(9-14(3,4)19-13)11-7-15-6-5-10(11)12(17)18/h5-7H,8-9H2,1-4H3,(H,17,18). The number of carboxylic acid groups (broad SMARTS) is 1. The van der Waals surface area contributed by atoms with Gasteiger partial charge in [0.05, 0.1) is 28.6 Å². The number of aromatic carboxylic acids is 1. The Morgan fingerprint density at radius 3 is 2.42 bits per heavy atom. The van der Waals surface area contributed by atoms with Crippen LogP contribution in [-0.4, -0.2) is 40.4 Å². The molecule has 1 fully saturated rings. The van der Waals surface area contributed by atoms with E-state index < -0.39 is 5.97 Å². The maximum Gasteiger partial charge on any atom is 0.337 e. The van der Waals surface area contributed by atoms with E-state index in [9.17, 15) is 9.90 Å². The zero-order valence-corrected chi connectivity index (χ0v) is 11.8. The van der Waals surface area contributed by atoms with Gasteiger partial charge in [-0.15, -0.1) is 0 Å². The molecule has 0 unspecified atom stereocenters. The van der Waals surface area contributed by atoms with E-state index in [0.717, 1.165) is 0 Å². The summed E-state index contributed by atoms with van der Waals surface area (Å²) in [6, 6.07) is 1.53. The van der Waals surface area contributed by atoms with Gasteiger partial charge in [0.25, 0.3) is 0 Å². The summed E-state index contributed by atoms with van der Waals surface area (Å²) in [5.74, 6) is -0.931. The van der Waals surface area contributed by atoms with E-state index in [1.165, 1.54) is 12.3 Å². The van der Waals surface area contributed by atoms with Gasteiger partial charge in [-0.25, -0.2) is 4.79 Å². The molecule has 19 heavy (non-hydrogen) atoms. The number of aromatic nitrogens is 1. The van der Waals surface area contributed by atoms with E-state index >= 15 is 0 Å². The molecule has 0 atom stereocenters. The third kappa shape index (κ3) is 3.04. The lowest BCUT2D eigenvalue weighted by Gasteiger charge is -2.48. The largest absolute Gasteiger partial charge is 0.478 e. The van der Waals surface area contributed by atoms with E-state index in [1.54, 1.807) is 6.20 Å². The Morgan fingerprint density at radius 2 is 1.89 bits per heavy atom. The molecule has 5 heteroatoms. The third-order valence-electron chi connectivity index (χ3n) is 3.07. The maximum atomic E-state index is 11.3. The molecule has 0 spiro atoms. The first kappa shape index (κ1) is 13.8. The summed E-state index contributed by atoms with van der Waals surface area (Å²) in [6.45, 7) is 9.33. The lowest BCUT2D eigenvalue weighted by molar-refractivity contribution is -0.133. The van der Waals surface area contributed by atoms with Crippen molar-refractivity contribution < 1.29 is 14.6 Å². The molecule has 0 amide bonds. The first-order valence-electron chi connectivity index (χ1n) is 6.33. The van der Waals surface area contributed by atoms with Crippen LogP contribution in [0.3, 0.4) is 0 Å². The normalized spacial score (nSPS) is 21.2. The summed E-state index contributed by atoms with van der Waals surface area (Å²) < 4.78 is 6.00. The van der Waals surface area contributed by atoms with Crippen molar-refractivity contribution in [3.63, 3.8) is 0 Å². The van der Waals surface area contributed by atoms with Gasteiger partial charge < -0.3 is 14.7 Å². The summed E-state index contributed by atoms with van der Waals surface area (Å²) >= 11 is 0. The van der Waals surface area contributed by atoms with Crippen molar-refractivity contribution in [2.45, 2.75) is 38.9 Å². The highest BCUT2D eigenvalue weighted by atomic mass is 16.5. The Hall–Kier alpha value is -1.62. The molecule has 2 heterocycles. The minimum Gasteiger partial charge on any atom is -0.478 e. The highest BCUT2D eigenvalue weighted by molar-refractivity contribution is 5.94. The second-order valence-corrected chi connectivity index (χ2v) is 6.18. The maximum absolute atomic E-state index is 11.3. The van der Waals surface area contributed by atoms with Gasteiger partial charge in [0.15, 0.2) is 0 Å². The highest BCUT2D eigenvalue weighted by Gasteiger charge is 2.39. The number of carbonyl (C=O) groups is 1. The van der Waals surface area contributed by atoms with Gasteiger partial charge in [-0.3, -0.25) is 4.98 Å². The molecule has 1 aromatic heterocycles. The second-order valence-electron chi connectivity index (χ2n) is 6.18. The first-order valence-corrected chi connectivity index (χ1v) is 6.33. The van der Waals surface area contributed by atoms with Gasteiger partial charge in [-0.2, -0.15) is 0 Å². The fraction of sp³-hybridized carbons (Fsp3) is 0.571. The molecule has 0 saturated carbocycles. The van der Waals surface area contributed by atoms with Crippen molar-refractivity contribution in [1.82, 2.24) is 4.98 Å². The van der Waals surface area contributed by atoms with Crippen molar-refractivity contribution in [2.75, 3.05) is 18.0 Å². The highest BCUT2D eigenvalue weighted by Crippen LogP contribution is 2.32. The Morgan fingerprint density at radius 1 is 1.32 bits per heavy atom. The quantitative estimate of drug-likeness (QED) is 0.887. The van der Waals surface area contributed by atoms with Crippen LogP contribution >= 0.6 is 0 Å². The van der Waals surface area contributed by atoms with Crippen LogP contribution in [-0.2, 0) is 4.74 Å². The molecule has 1 saturated heterocycles. The zero-order valence-electron chi connectivity index (χ0n) is 11.8. The molecule has 0 radical (unpaired) electrons. The Bertz CT molecular complexity index is 481. The number of pyridine rings is 1. The number of morpholine rings is 1. The van der Waals surface area contributed by atoms with Gasteiger partial charge in [-0.05, 0) is 33.8 Å². The third-order valence-corrected chi connectivity index (χ3v) is 3.07. The van der Waals surface area contributed by atoms with E-state index in [2.05, 4.69) is 4.98 Å². The molecule has 1 N–H and O–H groups in total. The second kappa shape index (κ2) is 4.49. The van der Waals surface area contributed by atoms with E-state index in [-0.39, 0.29) is 16.8 Å². The van der Waals surface area contributed by atoms with Crippen LogP contribution in [0.4, 0.5) is 5.69 Å². The van der Waals surface area contributed by atoms with Crippen LogP contribution in [0.5, 0.6) is 0 Å². The Labute approximate surface area is 113 Å².